The van der Waals surface area contributed by atoms with Crippen molar-refractivity contribution in [3.63, 3.8) is 0 Å². The van der Waals surface area contributed by atoms with E-state index in [1.165, 1.54) is 12.2 Å². The first-order valence-electron chi connectivity index (χ1n) is 5.04. The maximum absolute atomic E-state index is 11.4. The number of rotatable bonds is 7. The van der Waals surface area contributed by atoms with Crippen molar-refractivity contribution in [2.75, 3.05) is 25.1 Å². The molecule has 0 saturated carbocycles. The summed E-state index contributed by atoms with van der Waals surface area (Å²) in [7, 11) is 1.89. The standard InChI is InChI=1S/C10H21NOS/c1-4-7-11(3)10(12)6-9-13-8-5-2/h4-9H2,1-3H3. The minimum absolute atomic E-state index is 0.283. The van der Waals surface area contributed by atoms with Crippen LogP contribution in [-0.4, -0.2) is 35.9 Å². The predicted molar refractivity (Wildman–Crippen MR) is 60.2 cm³/mol. The van der Waals surface area contributed by atoms with Crippen molar-refractivity contribution in [3.05, 3.63) is 0 Å². The van der Waals surface area contributed by atoms with Gasteiger partial charge in [0, 0.05) is 25.8 Å². The molecule has 0 atom stereocenters. The molecule has 13 heavy (non-hydrogen) atoms. The van der Waals surface area contributed by atoms with Gasteiger partial charge < -0.3 is 4.90 Å². The van der Waals surface area contributed by atoms with Crippen molar-refractivity contribution in [3.8, 4) is 0 Å². The van der Waals surface area contributed by atoms with Crippen molar-refractivity contribution in [2.24, 2.45) is 0 Å². The summed E-state index contributed by atoms with van der Waals surface area (Å²) in [5, 5.41) is 0. The van der Waals surface area contributed by atoms with Gasteiger partial charge in [0.05, 0.1) is 0 Å². The molecular weight excluding hydrogens is 182 g/mol. The number of carbonyl (C=O) groups is 1. The fourth-order valence-corrected chi connectivity index (χ4v) is 1.87. The first-order chi connectivity index (χ1) is 6.22. The van der Waals surface area contributed by atoms with E-state index >= 15 is 0 Å². The Hall–Kier alpha value is -0.180. The second-order valence-corrected chi connectivity index (χ2v) is 4.40. The largest absolute Gasteiger partial charge is 0.346 e. The molecule has 78 valence electrons. The van der Waals surface area contributed by atoms with Crippen LogP contribution in [0.4, 0.5) is 0 Å². The van der Waals surface area contributed by atoms with Crippen LogP contribution in [-0.2, 0) is 4.79 Å². The van der Waals surface area contributed by atoms with E-state index in [9.17, 15) is 4.79 Å². The van der Waals surface area contributed by atoms with E-state index in [2.05, 4.69) is 13.8 Å². The molecule has 0 unspecified atom stereocenters. The zero-order chi connectivity index (χ0) is 10.1. The van der Waals surface area contributed by atoms with Crippen molar-refractivity contribution < 1.29 is 4.79 Å². The molecule has 0 fully saturated rings. The zero-order valence-electron chi connectivity index (χ0n) is 9.01. The minimum Gasteiger partial charge on any atom is -0.346 e. The molecule has 0 heterocycles. The number of hydrogen-bond donors (Lipinski definition) is 0. The number of amides is 1. The Morgan fingerprint density at radius 3 is 2.46 bits per heavy atom. The smallest absolute Gasteiger partial charge is 0.223 e. The second-order valence-electron chi connectivity index (χ2n) is 3.18. The van der Waals surface area contributed by atoms with Gasteiger partial charge in [-0.2, -0.15) is 11.8 Å². The van der Waals surface area contributed by atoms with Gasteiger partial charge in [0.2, 0.25) is 5.91 Å². The molecule has 0 aromatic rings. The van der Waals surface area contributed by atoms with E-state index in [4.69, 9.17) is 0 Å². The van der Waals surface area contributed by atoms with Crippen LogP contribution >= 0.6 is 11.8 Å². The summed E-state index contributed by atoms with van der Waals surface area (Å²) < 4.78 is 0. The molecule has 1 amide bonds. The number of hydrogen-bond acceptors (Lipinski definition) is 2. The minimum atomic E-state index is 0.283. The molecule has 0 aliphatic heterocycles. The van der Waals surface area contributed by atoms with Crippen molar-refractivity contribution >= 4 is 17.7 Å². The molecule has 0 radical (unpaired) electrons. The Labute approximate surface area is 86.1 Å². The van der Waals surface area contributed by atoms with Crippen LogP contribution in [0, 0.1) is 0 Å². The van der Waals surface area contributed by atoms with Gasteiger partial charge in [-0.15, -0.1) is 0 Å². The maximum Gasteiger partial charge on any atom is 0.223 e. The zero-order valence-corrected chi connectivity index (χ0v) is 9.82. The Balaban J connectivity index is 3.38. The average molecular weight is 203 g/mol. The summed E-state index contributed by atoms with van der Waals surface area (Å²) in [5.74, 6) is 2.43. The molecule has 0 aliphatic carbocycles. The topological polar surface area (TPSA) is 20.3 Å². The highest BCUT2D eigenvalue weighted by Crippen LogP contribution is 2.05. The Morgan fingerprint density at radius 2 is 1.92 bits per heavy atom. The third-order valence-corrected chi connectivity index (χ3v) is 2.98. The third-order valence-electron chi connectivity index (χ3n) is 1.79. The van der Waals surface area contributed by atoms with Gasteiger partial charge in [-0.3, -0.25) is 4.79 Å². The summed E-state index contributed by atoms with van der Waals surface area (Å²) >= 11 is 1.87. The number of carbonyl (C=O) groups excluding carboxylic acids is 1. The van der Waals surface area contributed by atoms with Crippen molar-refractivity contribution in [1.29, 1.82) is 0 Å². The fraction of sp³-hybridized carbons (Fsp3) is 0.900. The van der Waals surface area contributed by atoms with Gasteiger partial charge in [0.15, 0.2) is 0 Å². The third kappa shape index (κ3) is 6.94. The van der Waals surface area contributed by atoms with E-state index < -0.39 is 0 Å². The van der Waals surface area contributed by atoms with Crippen LogP contribution in [0.25, 0.3) is 0 Å². The number of nitrogens with zero attached hydrogens (tertiary/aromatic N) is 1. The lowest BCUT2D eigenvalue weighted by Gasteiger charge is -2.15. The van der Waals surface area contributed by atoms with Gasteiger partial charge in [-0.1, -0.05) is 13.8 Å². The number of thioether (sulfide) groups is 1. The summed E-state index contributed by atoms with van der Waals surface area (Å²) in [6.07, 6.45) is 2.94. The van der Waals surface area contributed by atoms with E-state index in [0.29, 0.717) is 6.42 Å². The van der Waals surface area contributed by atoms with E-state index in [1.807, 2.05) is 23.7 Å². The van der Waals surface area contributed by atoms with E-state index in [-0.39, 0.29) is 5.91 Å². The van der Waals surface area contributed by atoms with Crippen molar-refractivity contribution in [1.82, 2.24) is 4.90 Å². The average Bonchev–Trinajstić information content (AvgIpc) is 2.12. The van der Waals surface area contributed by atoms with Crippen LogP contribution < -0.4 is 0 Å². The van der Waals surface area contributed by atoms with E-state index in [1.54, 1.807) is 0 Å². The Bertz CT molecular complexity index is 139. The van der Waals surface area contributed by atoms with Gasteiger partial charge in [-0.25, -0.2) is 0 Å². The summed E-state index contributed by atoms with van der Waals surface area (Å²) in [5.41, 5.74) is 0. The maximum atomic E-state index is 11.4. The van der Waals surface area contributed by atoms with Crippen LogP contribution in [0.3, 0.4) is 0 Å². The highest BCUT2D eigenvalue weighted by molar-refractivity contribution is 7.99. The molecule has 0 spiro atoms. The Kier molecular flexibility index (Phi) is 8.30. The first-order valence-corrected chi connectivity index (χ1v) is 6.19. The molecule has 0 rings (SSSR count). The first kappa shape index (κ1) is 12.8. The molecule has 0 aliphatic rings. The lowest BCUT2D eigenvalue weighted by atomic mass is 10.4. The highest BCUT2D eigenvalue weighted by Gasteiger charge is 2.06. The molecule has 0 aromatic carbocycles. The van der Waals surface area contributed by atoms with Crippen LogP contribution in [0.1, 0.15) is 33.1 Å². The molecule has 0 aromatic heterocycles. The SMILES string of the molecule is CCCSCCC(=O)N(C)CCC. The highest BCUT2D eigenvalue weighted by atomic mass is 32.2. The molecule has 3 heteroatoms. The van der Waals surface area contributed by atoms with Gasteiger partial charge >= 0.3 is 0 Å². The van der Waals surface area contributed by atoms with Crippen LogP contribution in [0.15, 0.2) is 0 Å². The van der Waals surface area contributed by atoms with Crippen LogP contribution in [0.5, 0.6) is 0 Å². The summed E-state index contributed by atoms with van der Waals surface area (Å²) in [6.45, 7) is 5.14. The van der Waals surface area contributed by atoms with Gasteiger partial charge in [-0.05, 0) is 18.6 Å². The molecular formula is C10H21NOS. The van der Waals surface area contributed by atoms with Crippen molar-refractivity contribution in [2.45, 2.75) is 33.1 Å². The summed E-state index contributed by atoms with van der Waals surface area (Å²) in [6, 6.07) is 0. The molecule has 0 N–H and O–H groups in total. The quantitative estimate of drug-likeness (QED) is 0.592. The lowest BCUT2D eigenvalue weighted by Crippen LogP contribution is -2.27. The Morgan fingerprint density at radius 1 is 1.23 bits per heavy atom. The van der Waals surface area contributed by atoms with Crippen LogP contribution in [0.2, 0.25) is 0 Å². The van der Waals surface area contributed by atoms with E-state index in [0.717, 1.165) is 18.7 Å². The molecule has 0 saturated heterocycles. The van der Waals surface area contributed by atoms with Gasteiger partial charge in [0.1, 0.15) is 0 Å². The lowest BCUT2D eigenvalue weighted by molar-refractivity contribution is -0.129. The van der Waals surface area contributed by atoms with Gasteiger partial charge in [0.25, 0.3) is 0 Å². The predicted octanol–water partition coefficient (Wildman–Crippen LogP) is 2.39. The second kappa shape index (κ2) is 8.42. The normalized spacial score (nSPS) is 10.1. The summed E-state index contributed by atoms with van der Waals surface area (Å²) in [4.78, 5) is 13.2. The monoisotopic (exact) mass is 203 g/mol. The molecule has 0 bridgehead atoms. The molecule has 2 nitrogen and oxygen atoms in total. The fourth-order valence-electron chi connectivity index (χ4n) is 1.06.